The molecule has 1 saturated heterocycles. The Bertz CT molecular complexity index is 341. The van der Waals surface area contributed by atoms with Crippen molar-refractivity contribution < 1.29 is 4.79 Å². The van der Waals surface area contributed by atoms with Crippen LogP contribution in [0.25, 0.3) is 0 Å². The number of hydrogen-bond donors (Lipinski definition) is 2. The van der Waals surface area contributed by atoms with E-state index in [1.807, 2.05) is 11.8 Å². The van der Waals surface area contributed by atoms with Gasteiger partial charge in [-0.15, -0.1) is 24.0 Å². The summed E-state index contributed by atoms with van der Waals surface area (Å²) in [4.78, 5) is 17.5. The molecule has 1 atom stereocenters. The number of aliphatic imine (C=N–C) groups is 1. The van der Waals surface area contributed by atoms with Crippen LogP contribution >= 0.6 is 35.7 Å². The van der Waals surface area contributed by atoms with Crippen molar-refractivity contribution in [3.8, 4) is 0 Å². The lowest BCUT2D eigenvalue weighted by molar-refractivity contribution is -0.127. The van der Waals surface area contributed by atoms with E-state index < -0.39 is 0 Å². The first-order valence-corrected chi connectivity index (χ1v) is 8.06. The molecule has 0 bridgehead atoms. The maximum absolute atomic E-state index is 11.6. The Kier molecular flexibility index (Phi) is 8.01. The molecule has 20 heavy (non-hydrogen) atoms. The van der Waals surface area contributed by atoms with Gasteiger partial charge >= 0.3 is 0 Å². The second kappa shape index (κ2) is 8.96. The van der Waals surface area contributed by atoms with E-state index in [1.165, 1.54) is 31.4 Å². The number of guanidine groups is 1. The number of thioether (sulfide) groups is 1. The number of likely N-dealkylation sites (N-methyl/N-ethyl adjacent to an activating group) is 1. The lowest BCUT2D eigenvalue weighted by Gasteiger charge is -2.15. The highest BCUT2D eigenvalue weighted by Crippen LogP contribution is 2.25. The van der Waals surface area contributed by atoms with Crippen LogP contribution in [0.4, 0.5) is 0 Å². The van der Waals surface area contributed by atoms with Gasteiger partial charge in [-0.2, -0.15) is 11.8 Å². The summed E-state index contributed by atoms with van der Waals surface area (Å²) >= 11 is 2.03. The van der Waals surface area contributed by atoms with Crippen molar-refractivity contribution in [2.45, 2.75) is 37.0 Å². The Morgan fingerprint density at radius 3 is 2.65 bits per heavy atom. The van der Waals surface area contributed by atoms with Gasteiger partial charge in [-0.1, -0.05) is 0 Å². The molecule has 2 aliphatic rings. The Morgan fingerprint density at radius 1 is 1.35 bits per heavy atom. The largest absolute Gasteiger partial charge is 0.355 e. The summed E-state index contributed by atoms with van der Waals surface area (Å²) in [6.45, 7) is 1.16. The maximum atomic E-state index is 11.6. The third kappa shape index (κ3) is 6.51. The van der Waals surface area contributed by atoms with Crippen LogP contribution in [0.3, 0.4) is 0 Å². The van der Waals surface area contributed by atoms with Crippen molar-refractivity contribution in [1.82, 2.24) is 15.5 Å². The molecule has 2 N–H and O–H groups in total. The lowest BCUT2D eigenvalue weighted by Crippen LogP contribution is -2.42. The molecular formula is C13H25IN4OS. The predicted octanol–water partition coefficient (Wildman–Crippen LogP) is 1.29. The van der Waals surface area contributed by atoms with Crippen LogP contribution in [0.1, 0.15) is 25.7 Å². The monoisotopic (exact) mass is 412 g/mol. The third-order valence-electron chi connectivity index (χ3n) is 3.31. The number of nitrogens with one attached hydrogen (secondary N) is 2. The van der Waals surface area contributed by atoms with Crippen molar-refractivity contribution in [3.05, 3.63) is 0 Å². The first kappa shape index (κ1) is 17.9. The molecule has 0 aromatic rings. The van der Waals surface area contributed by atoms with E-state index in [4.69, 9.17) is 0 Å². The van der Waals surface area contributed by atoms with Gasteiger partial charge in [0.15, 0.2) is 5.96 Å². The first-order valence-electron chi connectivity index (χ1n) is 7.02. The lowest BCUT2D eigenvalue weighted by atomic mass is 10.2. The van der Waals surface area contributed by atoms with Crippen LogP contribution in [0.5, 0.6) is 0 Å². The summed E-state index contributed by atoms with van der Waals surface area (Å²) in [7, 11) is 3.52. The summed E-state index contributed by atoms with van der Waals surface area (Å²) in [6, 6.07) is 0.553. The van der Waals surface area contributed by atoms with E-state index in [0.717, 1.165) is 12.5 Å². The van der Waals surface area contributed by atoms with Gasteiger partial charge in [0.2, 0.25) is 5.91 Å². The number of carbonyl (C=O) groups is 1. The third-order valence-corrected chi connectivity index (χ3v) is 4.71. The van der Waals surface area contributed by atoms with Crippen LogP contribution < -0.4 is 10.6 Å². The van der Waals surface area contributed by atoms with Gasteiger partial charge in [0.1, 0.15) is 6.54 Å². The molecule has 1 unspecified atom stereocenters. The summed E-state index contributed by atoms with van der Waals surface area (Å²) in [5.74, 6) is 2.10. The highest BCUT2D eigenvalue weighted by atomic mass is 127. The van der Waals surface area contributed by atoms with Gasteiger partial charge < -0.3 is 15.5 Å². The summed E-state index contributed by atoms with van der Waals surface area (Å²) < 4.78 is 0. The van der Waals surface area contributed by atoms with E-state index in [9.17, 15) is 4.79 Å². The van der Waals surface area contributed by atoms with E-state index in [1.54, 1.807) is 19.0 Å². The Labute approximate surface area is 142 Å². The van der Waals surface area contributed by atoms with Crippen molar-refractivity contribution >= 4 is 47.6 Å². The number of amides is 1. The fourth-order valence-corrected chi connectivity index (χ4v) is 3.08. The molecule has 2 fully saturated rings. The SMILES string of the molecule is CN(C)C(=O)CN=C(NCC1CCCS1)NC1CC1.I. The molecule has 1 aliphatic heterocycles. The zero-order chi connectivity index (χ0) is 13.7. The smallest absolute Gasteiger partial charge is 0.243 e. The van der Waals surface area contributed by atoms with Crippen molar-refractivity contribution in [2.24, 2.45) is 4.99 Å². The molecule has 0 aromatic carbocycles. The number of nitrogens with zero attached hydrogens (tertiary/aromatic N) is 2. The first-order chi connectivity index (χ1) is 9.15. The molecule has 0 radical (unpaired) electrons. The van der Waals surface area contributed by atoms with Gasteiger partial charge in [0.05, 0.1) is 0 Å². The normalized spacial score (nSPS) is 22.1. The average molecular weight is 412 g/mol. The van der Waals surface area contributed by atoms with Crippen molar-refractivity contribution in [2.75, 3.05) is 32.9 Å². The minimum absolute atomic E-state index is 0. The minimum atomic E-state index is 0. The second-order valence-electron chi connectivity index (χ2n) is 5.39. The van der Waals surface area contributed by atoms with Gasteiger partial charge in [0, 0.05) is 31.9 Å². The van der Waals surface area contributed by atoms with Gasteiger partial charge in [-0.3, -0.25) is 4.79 Å². The molecule has 1 amide bonds. The summed E-state index contributed by atoms with van der Waals surface area (Å²) in [5, 5.41) is 7.43. The fourth-order valence-electron chi connectivity index (χ4n) is 1.88. The Hall–Kier alpha value is -0.180. The highest BCUT2D eigenvalue weighted by molar-refractivity contribution is 14.0. The standard InChI is InChI=1S/C13H24N4OS.HI/c1-17(2)12(18)9-15-13(16-10-5-6-10)14-8-11-4-3-7-19-11;/h10-11H,3-9H2,1-2H3,(H2,14,15,16);1H. The zero-order valence-corrected chi connectivity index (χ0v) is 15.4. The molecule has 0 aromatic heterocycles. The second-order valence-corrected chi connectivity index (χ2v) is 6.80. The minimum Gasteiger partial charge on any atom is -0.355 e. The van der Waals surface area contributed by atoms with Crippen LogP contribution in [-0.2, 0) is 4.79 Å². The van der Waals surface area contributed by atoms with Gasteiger partial charge in [-0.05, 0) is 31.4 Å². The molecule has 1 saturated carbocycles. The van der Waals surface area contributed by atoms with E-state index >= 15 is 0 Å². The molecule has 116 valence electrons. The Morgan fingerprint density at radius 2 is 2.10 bits per heavy atom. The van der Waals surface area contributed by atoms with Crippen molar-refractivity contribution in [1.29, 1.82) is 0 Å². The van der Waals surface area contributed by atoms with E-state index in [2.05, 4.69) is 15.6 Å². The van der Waals surface area contributed by atoms with E-state index in [0.29, 0.717) is 11.3 Å². The number of halogens is 1. The summed E-state index contributed by atoms with van der Waals surface area (Å²) in [6.07, 6.45) is 5.02. The number of hydrogen-bond acceptors (Lipinski definition) is 3. The van der Waals surface area contributed by atoms with Crippen LogP contribution in [0.15, 0.2) is 4.99 Å². The molecular weight excluding hydrogens is 387 g/mol. The molecule has 1 aliphatic carbocycles. The quantitative estimate of drug-likeness (QED) is 0.406. The average Bonchev–Trinajstić information content (AvgIpc) is 3.04. The number of carbonyl (C=O) groups excluding carboxylic acids is 1. The zero-order valence-electron chi connectivity index (χ0n) is 12.2. The molecule has 7 heteroatoms. The molecule has 0 spiro atoms. The molecule has 1 heterocycles. The fraction of sp³-hybridized carbons (Fsp3) is 0.846. The highest BCUT2D eigenvalue weighted by Gasteiger charge is 2.23. The predicted molar refractivity (Wildman–Crippen MR) is 96.1 cm³/mol. The molecule has 2 rings (SSSR count). The van der Waals surface area contributed by atoms with Gasteiger partial charge in [0.25, 0.3) is 0 Å². The maximum Gasteiger partial charge on any atom is 0.243 e. The van der Waals surface area contributed by atoms with E-state index in [-0.39, 0.29) is 36.4 Å². The van der Waals surface area contributed by atoms with Crippen molar-refractivity contribution in [3.63, 3.8) is 0 Å². The van der Waals surface area contributed by atoms with Crippen LogP contribution in [-0.4, -0.2) is 61.0 Å². The Balaban J connectivity index is 0.00000200. The van der Waals surface area contributed by atoms with Crippen LogP contribution in [0, 0.1) is 0 Å². The molecule has 5 nitrogen and oxygen atoms in total. The number of rotatable bonds is 5. The summed E-state index contributed by atoms with van der Waals surface area (Å²) in [5.41, 5.74) is 0. The topological polar surface area (TPSA) is 56.7 Å². The van der Waals surface area contributed by atoms with Crippen LogP contribution in [0.2, 0.25) is 0 Å². The van der Waals surface area contributed by atoms with Gasteiger partial charge in [-0.25, -0.2) is 4.99 Å².